The summed E-state index contributed by atoms with van der Waals surface area (Å²) in [6, 6.07) is 36.5. The lowest BCUT2D eigenvalue weighted by Gasteiger charge is -2.20. The van der Waals surface area contributed by atoms with E-state index in [1.165, 1.54) is 38.9 Å². The zero-order valence-electron chi connectivity index (χ0n) is 15.3. The van der Waals surface area contributed by atoms with Crippen molar-refractivity contribution in [3.8, 4) is 33.4 Å². The van der Waals surface area contributed by atoms with E-state index in [1.807, 2.05) is 6.08 Å². The van der Waals surface area contributed by atoms with Crippen LogP contribution in [0.15, 0.2) is 116 Å². The summed E-state index contributed by atoms with van der Waals surface area (Å²) in [5, 5.41) is 0. The first kappa shape index (κ1) is 17.1. The van der Waals surface area contributed by atoms with Gasteiger partial charge in [0.15, 0.2) is 0 Å². The number of rotatable bonds is 5. The first-order valence-corrected chi connectivity index (χ1v) is 9.31. The van der Waals surface area contributed by atoms with Gasteiger partial charge in [0.05, 0.1) is 0 Å². The second kappa shape index (κ2) is 7.88. The highest BCUT2D eigenvalue weighted by Crippen LogP contribution is 2.42. The van der Waals surface area contributed by atoms with Gasteiger partial charge in [-0.2, -0.15) is 0 Å². The van der Waals surface area contributed by atoms with Crippen molar-refractivity contribution < 1.29 is 0 Å². The predicted molar refractivity (Wildman–Crippen MR) is 117 cm³/mol. The lowest BCUT2D eigenvalue weighted by molar-refractivity contribution is 1.28. The van der Waals surface area contributed by atoms with E-state index in [0.717, 1.165) is 6.42 Å². The first-order valence-electron chi connectivity index (χ1n) is 9.31. The highest BCUT2D eigenvalue weighted by Gasteiger charge is 2.17. The monoisotopic (exact) mass is 346 g/mol. The second-order valence-corrected chi connectivity index (χ2v) is 6.61. The van der Waals surface area contributed by atoms with Gasteiger partial charge in [0.2, 0.25) is 0 Å². The summed E-state index contributed by atoms with van der Waals surface area (Å²) < 4.78 is 0. The van der Waals surface area contributed by atoms with E-state index in [-0.39, 0.29) is 0 Å². The number of allylic oxidation sites excluding steroid dienone is 1. The molecule has 0 spiro atoms. The summed E-state index contributed by atoms with van der Waals surface area (Å²) in [4.78, 5) is 0. The van der Waals surface area contributed by atoms with E-state index < -0.39 is 0 Å². The third-order valence-corrected chi connectivity index (χ3v) is 4.87. The third kappa shape index (κ3) is 3.47. The van der Waals surface area contributed by atoms with Crippen LogP contribution in [0, 0.1) is 0 Å². The Morgan fingerprint density at radius 1 is 0.519 bits per heavy atom. The molecule has 0 bridgehead atoms. The molecule has 0 nitrogen and oxygen atoms in total. The maximum atomic E-state index is 3.97. The van der Waals surface area contributed by atoms with Crippen LogP contribution in [-0.4, -0.2) is 0 Å². The van der Waals surface area contributed by atoms with Crippen LogP contribution < -0.4 is 0 Å². The van der Waals surface area contributed by atoms with Crippen LogP contribution in [0.5, 0.6) is 0 Å². The molecule has 4 aromatic carbocycles. The first-order chi connectivity index (χ1) is 13.4. The molecule has 0 N–H and O–H groups in total. The van der Waals surface area contributed by atoms with Gasteiger partial charge in [0, 0.05) is 0 Å². The standard InChI is InChI=1S/C27H22/c1-2-12-22-19-20-25(21-13-6-3-7-14-21)27(24-17-10-5-11-18-24)26(22)23-15-8-4-9-16-23/h2-11,13-20H,1,12H2. The van der Waals surface area contributed by atoms with Crippen LogP contribution in [0.4, 0.5) is 0 Å². The Bertz CT molecular complexity index is 1030. The fraction of sp³-hybridized carbons (Fsp3) is 0.0370. The van der Waals surface area contributed by atoms with Crippen LogP contribution in [0.1, 0.15) is 5.56 Å². The molecule has 0 fully saturated rings. The summed E-state index contributed by atoms with van der Waals surface area (Å²) in [6.07, 6.45) is 2.83. The quantitative estimate of drug-likeness (QED) is 0.330. The van der Waals surface area contributed by atoms with Gasteiger partial charge in [0.25, 0.3) is 0 Å². The van der Waals surface area contributed by atoms with Crippen LogP contribution in [-0.2, 0) is 6.42 Å². The minimum Gasteiger partial charge on any atom is -0.103 e. The zero-order chi connectivity index (χ0) is 18.5. The van der Waals surface area contributed by atoms with Crippen LogP contribution >= 0.6 is 0 Å². The van der Waals surface area contributed by atoms with Crippen molar-refractivity contribution in [3.05, 3.63) is 121 Å². The summed E-state index contributed by atoms with van der Waals surface area (Å²) in [7, 11) is 0. The molecule has 130 valence electrons. The average molecular weight is 346 g/mol. The van der Waals surface area contributed by atoms with Gasteiger partial charge in [0.1, 0.15) is 0 Å². The molecule has 0 aliphatic heterocycles. The number of hydrogen-bond acceptors (Lipinski definition) is 0. The molecule has 4 aromatic rings. The van der Waals surface area contributed by atoms with Gasteiger partial charge in [-0.05, 0) is 45.4 Å². The minimum absolute atomic E-state index is 0.846. The van der Waals surface area contributed by atoms with E-state index in [1.54, 1.807) is 0 Å². The molecule has 0 heteroatoms. The van der Waals surface area contributed by atoms with Gasteiger partial charge >= 0.3 is 0 Å². The lowest BCUT2D eigenvalue weighted by atomic mass is 9.84. The zero-order valence-corrected chi connectivity index (χ0v) is 15.3. The number of benzene rings is 4. The van der Waals surface area contributed by atoms with Gasteiger partial charge in [-0.3, -0.25) is 0 Å². The van der Waals surface area contributed by atoms with Gasteiger partial charge in [-0.1, -0.05) is 109 Å². The number of hydrogen-bond donors (Lipinski definition) is 0. The molecule has 0 atom stereocenters. The molecular formula is C27H22. The SMILES string of the molecule is C=CCc1ccc(-c2ccccc2)c(-c2ccccc2)c1-c1ccccc1. The van der Waals surface area contributed by atoms with Crippen molar-refractivity contribution in [1.29, 1.82) is 0 Å². The van der Waals surface area contributed by atoms with E-state index in [4.69, 9.17) is 0 Å². The molecule has 0 unspecified atom stereocenters. The van der Waals surface area contributed by atoms with Gasteiger partial charge in [-0.25, -0.2) is 0 Å². The van der Waals surface area contributed by atoms with Crippen molar-refractivity contribution in [2.75, 3.05) is 0 Å². The van der Waals surface area contributed by atoms with Crippen LogP contribution in [0.25, 0.3) is 33.4 Å². The Kier molecular flexibility index (Phi) is 4.98. The normalized spacial score (nSPS) is 10.5. The van der Waals surface area contributed by atoms with E-state index in [0.29, 0.717) is 0 Å². The Morgan fingerprint density at radius 3 is 1.52 bits per heavy atom. The molecule has 27 heavy (non-hydrogen) atoms. The smallest absolute Gasteiger partial charge is 0.00239 e. The van der Waals surface area contributed by atoms with E-state index in [9.17, 15) is 0 Å². The fourth-order valence-electron chi connectivity index (χ4n) is 3.67. The Hall–Kier alpha value is -3.38. The van der Waals surface area contributed by atoms with Crippen molar-refractivity contribution in [2.24, 2.45) is 0 Å². The Morgan fingerprint density at radius 2 is 1.00 bits per heavy atom. The van der Waals surface area contributed by atoms with Gasteiger partial charge < -0.3 is 0 Å². The van der Waals surface area contributed by atoms with Crippen molar-refractivity contribution in [3.63, 3.8) is 0 Å². The maximum absolute atomic E-state index is 3.97. The van der Waals surface area contributed by atoms with Crippen molar-refractivity contribution >= 4 is 0 Å². The topological polar surface area (TPSA) is 0 Å². The van der Waals surface area contributed by atoms with E-state index >= 15 is 0 Å². The molecule has 0 aliphatic carbocycles. The largest absolute Gasteiger partial charge is 0.103 e. The second-order valence-electron chi connectivity index (χ2n) is 6.61. The maximum Gasteiger partial charge on any atom is -0.00239 e. The molecule has 0 aliphatic rings. The Labute approximate surface area is 161 Å². The van der Waals surface area contributed by atoms with Crippen molar-refractivity contribution in [2.45, 2.75) is 6.42 Å². The average Bonchev–Trinajstić information content (AvgIpc) is 2.75. The third-order valence-electron chi connectivity index (χ3n) is 4.87. The van der Waals surface area contributed by atoms with Gasteiger partial charge in [-0.15, -0.1) is 6.58 Å². The molecule has 0 saturated carbocycles. The van der Waals surface area contributed by atoms with Crippen LogP contribution in [0.2, 0.25) is 0 Å². The minimum atomic E-state index is 0.846. The molecule has 0 amide bonds. The summed E-state index contributed by atoms with van der Waals surface area (Å²) in [6.45, 7) is 3.97. The molecule has 0 radical (unpaired) electrons. The summed E-state index contributed by atoms with van der Waals surface area (Å²) in [5.74, 6) is 0. The van der Waals surface area contributed by atoms with Crippen molar-refractivity contribution in [1.82, 2.24) is 0 Å². The molecule has 4 rings (SSSR count). The highest BCUT2D eigenvalue weighted by atomic mass is 14.2. The molecule has 0 aromatic heterocycles. The van der Waals surface area contributed by atoms with E-state index in [2.05, 4.69) is 110 Å². The fourth-order valence-corrected chi connectivity index (χ4v) is 3.67. The Balaban J connectivity index is 2.09. The lowest BCUT2D eigenvalue weighted by Crippen LogP contribution is -1.96. The van der Waals surface area contributed by atoms with Crippen LogP contribution in [0.3, 0.4) is 0 Å². The summed E-state index contributed by atoms with van der Waals surface area (Å²) in [5.41, 5.74) is 8.85. The highest BCUT2D eigenvalue weighted by molar-refractivity contribution is 5.96. The molecular weight excluding hydrogens is 324 g/mol. The predicted octanol–water partition coefficient (Wildman–Crippen LogP) is 7.42. The molecule has 0 heterocycles. The molecule has 0 saturated heterocycles. The summed E-state index contributed by atoms with van der Waals surface area (Å²) >= 11 is 0.